The van der Waals surface area contributed by atoms with Crippen LogP contribution in [0.3, 0.4) is 0 Å². The highest BCUT2D eigenvalue weighted by Gasteiger charge is 2.31. The first-order valence-electron chi connectivity index (χ1n) is 5.54. The first-order chi connectivity index (χ1) is 9.65. The average Bonchev–Trinajstić information content (AvgIpc) is 2.36. The number of nitrogens with zero attached hydrogens (tertiary/aromatic N) is 2. The van der Waals surface area contributed by atoms with Gasteiger partial charge in [-0.05, 0) is 18.2 Å². The van der Waals surface area contributed by atoms with E-state index in [1.54, 1.807) is 0 Å². The van der Waals surface area contributed by atoms with Crippen molar-refractivity contribution in [2.75, 3.05) is 6.26 Å². The Hall–Kier alpha value is -2.16. The second-order valence-electron chi connectivity index (χ2n) is 4.07. The smallest absolute Gasteiger partial charge is 0.406 e. The highest BCUT2D eigenvalue weighted by molar-refractivity contribution is 7.90. The number of hydrogen-bond donors (Lipinski definition) is 0. The minimum absolute atomic E-state index is 0.179. The predicted octanol–water partition coefficient (Wildman–Crippen LogP) is 2.45. The van der Waals surface area contributed by atoms with Crippen molar-refractivity contribution in [3.63, 3.8) is 0 Å². The van der Waals surface area contributed by atoms with E-state index < -0.39 is 27.1 Å². The van der Waals surface area contributed by atoms with Gasteiger partial charge < -0.3 is 4.74 Å². The van der Waals surface area contributed by atoms with Crippen LogP contribution >= 0.6 is 0 Å². The van der Waals surface area contributed by atoms with E-state index in [4.69, 9.17) is 0 Å². The second kappa shape index (κ2) is 5.32. The van der Waals surface area contributed by atoms with E-state index in [0.29, 0.717) is 0 Å². The van der Waals surface area contributed by atoms with Gasteiger partial charge in [0.15, 0.2) is 0 Å². The van der Waals surface area contributed by atoms with Gasteiger partial charge in [0, 0.05) is 18.0 Å². The fourth-order valence-corrected chi connectivity index (χ4v) is 2.05. The van der Waals surface area contributed by atoms with E-state index in [2.05, 4.69) is 14.7 Å². The van der Waals surface area contributed by atoms with Crippen molar-refractivity contribution in [3.8, 4) is 17.0 Å². The molecule has 112 valence electrons. The van der Waals surface area contributed by atoms with Crippen LogP contribution in [0.1, 0.15) is 0 Å². The van der Waals surface area contributed by atoms with Crippen molar-refractivity contribution in [1.82, 2.24) is 9.97 Å². The fraction of sp³-hybridized carbons (Fsp3) is 0.167. The molecule has 0 fully saturated rings. The van der Waals surface area contributed by atoms with Crippen LogP contribution in [0.15, 0.2) is 41.7 Å². The van der Waals surface area contributed by atoms with Gasteiger partial charge in [-0.1, -0.05) is 12.1 Å². The number of ether oxygens (including phenoxy) is 1. The molecule has 0 N–H and O–H groups in total. The lowest BCUT2D eigenvalue weighted by molar-refractivity contribution is -0.274. The van der Waals surface area contributed by atoms with E-state index in [0.717, 1.165) is 18.4 Å². The molecule has 21 heavy (non-hydrogen) atoms. The van der Waals surface area contributed by atoms with Gasteiger partial charge in [0.25, 0.3) is 0 Å². The molecule has 0 unspecified atom stereocenters. The van der Waals surface area contributed by atoms with E-state index in [-0.39, 0.29) is 11.3 Å². The van der Waals surface area contributed by atoms with Crippen LogP contribution in [0, 0.1) is 0 Å². The van der Waals surface area contributed by atoms with E-state index in [1.807, 2.05) is 0 Å². The number of aromatic nitrogens is 2. The molecule has 1 heterocycles. The van der Waals surface area contributed by atoms with Crippen LogP contribution in [-0.2, 0) is 9.84 Å². The van der Waals surface area contributed by atoms with Gasteiger partial charge in [0.1, 0.15) is 5.75 Å². The molecule has 9 heteroatoms. The standard InChI is InChI=1S/C12H9F3N2O3S/c1-21(18,19)11-16-6-5-10(17-11)8-3-2-4-9(7-8)20-12(13,14)15/h2-7H,1H3. The molecular weight excluding hydrogens is 309 g/mol. The first kappa shape index (κ1) is 15.2. The van der Waals surface area contributed by atoms with Crippen LogP contribution in [0.2, 0.25) is 0 Å². The largest absolute Gasteiger partial charge is 0.573 e. The van der Waals surface area contributed by atoms with Crippen molar-refractivity contribution >= 4 is 9.84 Å². The highest BCUT2D eigenvalue weighted by atomic mass is 32.2. The molecule has 2 rings (SSSR count). The van der Waals surface area contributed by atoms with E-state index >= 15 is 0 Å². The molecule has 1 aromatic carbocycles. The Morgan fingerprint density at radius 2 is 1.90 bits per heavy atom. The fourth-order valence-electron chi connectivity index (χ4n) is 1.53. The Balaban J connectivity index is 2.41. The van der Waals surface area contributed by atoms with Crippen LogP contribution in [0.25, 0.3) is 11.3 Å². The van der Waals surface area contributed by atoms with Gasteiger partial charge in [-0.25, -0.2) is 18.4 Å². The van der Waals surface area contributed by atoms with Gasteiger partial charge in [0.2, 0.25) is 15.0 Å². The van der Waals surface area contributed by atoms with Crippen molar-refractivity contribution in [2.24, 2.45) is 0 Å². The van der Waals surface area contributed by atoms with Gasteiger partial charge in [-0.3, -0.25) is 0 Å². The molecular formula is C12H9F3N2O3S. The normalized spacial score (nSPS) is 12.2. The third-order valence-corrected chi connectivity index (χ3v) is 3.19. The van der Waals surface area contributed by atoms with E-state index in [9.17, 15) is 21.6 Å². The lowest BCUT2D eigenvalue weighted by Crippen LogP contribution is -2.17. The Bertz CT molecular complexity index is 760. The summed E-state index contributed by atoms with van der Waals surface area (Å²) in [5.41, 5.74) is 0.460. The maximum Gasteiger partial charge on any atom is 0.573 e. The number of alkyl halides is 3. The molecule has 0 saturated heterocycles. The number of halogens is 3. The molecule has 0 atom stereocenters. The SMILES string of the molecule is CS(=O)(=O)c1nccc(-c2cccc(OC(F)(F)F)c2)n1. The Labute approximate surface area is 118 Å². The summed E-state index contributed by atoms with van der Waals surface area (Å²) in [5, 5.41) is -0.401. The maximum absolute atomic E-state index is 12.2. The number of rotatable bonds is 3. The minimum atomic E-state index is -4.80. The molecule has 0 aliphatic rings. The third-order valence-electron chi connectivity index (χ3n) is 2.33. The van der Waals surface area contributed by atoms with Gasteiger partial charge in [-0.15, -0.1) is 13.2 Å². The summed E-state index contributed by atoms with van der Waals surface area (Å²) in [4.78, 5) is 7.42. The molecule has 0 aliphatic carbocycles. The quantitative estimate of drug-likeness (QED) is 0.813. The van der Waals surface area contributed by atoms with Crippen molar-refractivity contribution in [2.45, 2.75) is 11.5 Å². The number of benzene rings is 1. The Morgan fingerprint density at radius 3 is 2.52 bits per heavy atom. The monoisotopic (exact) mass is 318 g/mol. The van der Waals surface area contributed by atoms with Crippen LogP contribution in [0.5, 0.6) is 5.75 Å². The van der Waals surface area contributed by atoms with Gasteiger partial charge >= 0.3 is 6.36 Å². The summed E-state index contributed by atoms with van der Waals surface area (Å²) in [6, 6.07) is 6.47. The summed E-state index contributed by atoms with van der Waals surface area (Å²) >= 11 is 0. The van der Waals surface area contributed by atoms with Crippen molar-refractivity contribution in [1.29, 1.82) is 0 Å². The molecule has 0 aliphatic heterocycles. The van der Waals surface area contributed by atoms with Gasteiger partial charge in [0.05, 0.1) is 5.69 Å². The number of sulfone groups is 1. The van der Waals surface area contributed by atoms with E-state index in [1.165, 1.54) is 24.4 Å². The molecule has 0 radical (unpaired) electrons. The summed E-state index contributed by atoms with van der Waals surface area (Å²) in [6.07, 6.45) is -2.65. The van der Waals surface area contributed by atoms with Crippen LogP contribution < -0.4 is 4.74 Å². The lowest BCUT2D eigenvalue weighted by atomic mass is 10.1. The molecule has 0 bridgehead atoms. The first-order valence-corrected chi connectivity index (χ1v) is 7.43. The lowest BCUT2D eigenvalue weighted by Gasteiger charge is -2.10. The summed E-state index contributed by atoms with van der Waals surface area (Å²) in [5.74, 6) is -0.417. The van der Waals surface area contributed by atoms with Gasteiger partial charge in [-0.2, -0.15) is 0 Å². The predicted molar refractivity (Wildman–Crippen MR) is 67.3 cm³/mol. The molecule has 5 nitrogen and oxygen atoms in total. The minimum Gasteiger partial charge on any atom is -0.406 e. The van der Waals surface area contributed by atoms with Crippen LogP contribution in [-0.4, -0.2) is 31.0 Å². The summed E-state index contributed by atoms with van der Waals surface area (Å²) in [6.45, 7) is 0. The zero-order valence-corrected chi connectivity index (χ0v) is 11.4. The summed E-state index contributed by atoms with van der Waals surface area (Å²) in [7, 11) is -3.61. The second-order valence-corrected chi connectivity index (χ2v) is 5.98. The molecule has 0 saturated carbocycles. The molecule has 1 aromatic heterocycles. The van der Waals surface area contributed by atoms with Crippen LogP contribution in [0.4, 0.5) is 13.2 Å². The summed E-state index contributed by atoms with van der Waals surface area (Å²) < 4.78 is 63.1. The zero-order chi connectivity index (χ0) is 15.7. The molecule has 0 spiro atoms. The zero-order valence-electron chi connectivity index (χ0n) is 10.6. The Morgan fingerprint density at radius 1 is 1.19 bits per heavy atom. The highest BCUT2D eigenvalue weighted by Crippen LogP contribution is 2.27. The Kier molecular flexibility index (Phi) is 3.86. The van der Waals surface area contributed by atoms with Crippen molar-refractivity contribution < 1.29 is 26.3 Å². The molecule has 0 amide bonds. The topological polar surface area (TPSA) is 69.2 Å². The molecule has 2 aromatic rings. The third kappa shape index (κ3) is 4.15. The maximum atomic E-state index is 12.2. The number of hydrogen-bond acceptors (Lipinski definition) is 5. The van der Waals surface area contributed by atoms with Crippen molar-refractivity contribution in [3.05, 3.63) is 36.5 Å². The average molecular weight is 318 g/mol.